The summed E-state index contributed by atoms with van der Waals surface area (Å²) in [5, 5.41) is 4.31. The van der Waals surface area contributed by atoms with Gasteiger partial charge in [0.25, 0.3) is 5.56 Å². The minimum atomic E-state index is -0.206. The first kappa shape index (κ1) is 19.3. The highest BCUT2D eigenvalue weighted by atomic mass is 79.9. The fourth-order valence-corrected chi connectivity index (χ4v) is 3.81. The van der Waals surface area contributed by atoms with E-state index in [9.17, 15) is 4.79 Å². The molecular weight excluding hydrogens is 432 g/mol. The zero-order valence-corrected chi connectivity index (χ0v) is 18.2. The fourth-order valence-electron chi connectivity index (χ4n) is 3.31. The molecule has 4 aromatic rings. The predicted molar refractivity (Wildman–Crippen MR) is 116 cm³/mol. The lowest BCUT2D eigenvalue weighted by atomic mass is 10.1. The van der Waals surface area contributed by atoms with Crippen molar-refractivity contribution >= 4 is 38.0 Å². The SMILES string of the molecule is CC#CCn1c(Br)nc2cnn(Cc3cc(C)c4nc(C)c(C)nc4c3)c(=O)c21. The second kappa shape index (κ2) is 7.41. The molecule has 29 heavy (non-hydrogen) atoms. The summed E-state index contributed by atoms with van der Waals surface area (Å²) in [4.78, 5) is 26.8. The van der Waals surface area contributed by atoms with E-state index in [1.54, 1.807) is 17.7 Å². The van der Waals surface area contributed by atoms with Gasteiger partial charge < -0.3 is 4.57 Å². The van der Waals surface area contributed by atoms with Crippen LogP contribution in [-0.4, -0.2) is 29.3 Å². The summed E-state index contributed by atoms with van der Waals surface area (Å²) in [6.45, 7) is 8.39. The van der Waals surface area contributed by atoms with E-state index < -0.39 is 0 Å². The van der Waals surface area contributed by atoms with Crippen LogP contribution in [0.5, 0.6) is 0 Å². The topological polar surface area (TPSA) is 78.5 Å². The van der Waals surface area contributed by atoms with Gasteiger partial charge in [0.05, 0.1) is 41.7 Å². The molecule has 0 bridgehead atoms. The summed E-state index contributed by atoms with van der Waals surface area (Å²) < 4.78 is 3.77. The number of hydrogen-bond acceptors (Lipinski definition) is 5. The van der Waals surface area contributed by atoms with Crippen LogP contribution in [0.2, 0.25) is 0 Å². The highest BCUT2D eigenvalue weighted by Crippen LogP contribution is 2.20. The van der Waals surface area contributed by atoms with Crippen LogP contribution < -0.4 is 5.56 Å². The summed E-state index contributed by atoms with van der Waals surface area (Å²) in [7, 11) is 0. The Balaban J connectivity index is 1.81. The lowest BCUT2D eigenvalue weighted by molar-refractivity contribution is 0.642. The Labute approximate surface area is 175 Å². The third kappa shape index (κ3) is 3.42. The maximum Gasteiger partial charge on any atom is 0.293 e. The number of halogens is 1. The van der Waals surface area contributed by atoms with Crippen molar-refractivity contribution in [2.24, 2.45) is 0 Å². The van der Waals surface area contributed by atoms with Gasteiger partial charge in [0.2, 0.25) is 0 Å². The van der Waals surface area contributed by atoms with Crippen molar-refractivity contribution in [2.45, 2.75) is 40.8 Å². The number of imidazole rings is 1. The number of nitrogens with zero attached hydrogens (tertiary/aromatic N) is 6. The van der Waals surface area contributed by atoms with E-state index in [-0.39, 0.29) is 5.56 Å². The van der Waals surface area contributed by atoms with E-state index in [2.05, 4.69) is 47.8 Å². The van der Waals surface area contributed by atoms with Gasteiger partial charge in [0, 0.05) is 0 Å². The van der Waals surface area contributed by atoms with Gasteiger partial charge in [0.1, 0.15) is 11.0 Å². The molecule has 0 atom stereocenters. The first-order valence-corrected chi connectivity index (χ1v) is 9.94. The third-order valence-corrected chi connectivity index (χ3v) is 5.49. The van der Waals surface area contributed by atoms with Gasteiger partial charge in [-0.15, -0.1) is 5.92 Å². The second-order valence-corrected chi connectivity index (χ2v) is 7.62. The molecular formula is C21H19BrN6O. The Hall–Kier alpha value is -3.05. The van der Waals surface area contributed by atoms with Gasteiger partial charge in [-0.05, 0) is 60.8 Å². The lowest BCUT2D eigenvalue weighted by Gasteiger charge is -2.10. The number of aromatic nitrogens is 6. The molecule has 8 heteroatoms. The molecule has 7 nitrogen and oxygen atoms in total. The molecule has 0 aliphatic carbocycles. The first-order valence-electron chi connectivity index (χ1n) is 9.15. The van der Waals surface area contributed by atoms with E-state index in [0.717, 1.165) is 33.5 Å². The van der Waals surface area contributed by atoms with Crippen LogP contribution in [0.15, 0.2) is 27.9 Å². The van der Waals surface area contributed by atoms with Gasteiger partial charge in [0.15, 0.2) is 4.73 Å². The number of benzene rings is 1. The predicted octanol–water partition coefficient (Wildman–Crippen LogP) is 3.30. The molecule has 3 aromatic heterocycles. The van der Waals surface area contributed by atoms with Gasteiger partial charge in [-0.3, -0.25) is 4.79 Å². The molecule has 146 valence electrons. The molecule has 1 aromatic carbocycles. The number of aryl methyl sites for hydroxylation is 3. The zero-order valence-electron chi connectivity index (χ0n) is 16.6. The summed E-state index contributed by atoms with van der Waals surface area (Å²) in [5.74, 6) is 5.82. The van der Waals surface area contributed by atoms with Crippen molar-refractivity contribution in [3.8, 4) is 11.8 Å². The molecule has 3 heterocycles. The summed E-state index contributed by atoms with van der Waals surface area (Å²) in [6.07, 6.45) is 1.61. The normalized spacial score (nSPS) is 11.1. The molecule has 4 rings (SSSR count). The van der Waals surface area contributed by atoms with Crippen LogP contribution in [0.25, 0.3) is 22.1 Å². The largest absolute Gasteiger partial charge is 0.302 e. The fraction of sp³-hybridized carbons (Fsp3) is 0.286. The molecule has 0 saturated heterocycles. The van der Waals surface area contributed by atoms with Crippen molar-refractivity contribution in [1.82, 2.24) is 29.3 Å². The minimum absolute atomic E-state index is 0.206. The lowest BCUT2D eigenvalue weighted by Crippen LogP contribution is -2.25. The van der Waals surface area contributed by atoms with Gasteiger partial charge in [-0.1, -0.05) is 12.0 Å². The number of hydrogen-bond donors (Lipinski definition) is 0. The van der Waals surface area contributed by atoms with Crippen LogP contribution in [0, 0.1) is 32.6 Å². The standard InChI is InChI=1S/C21H19BrN6O/c1-5-6-7-27-19-17(26-21(27)22)10-23-28(20(19)29)11-15-8-12(2)18-16(9-15)24-13(3)14(4)25-18/h8-10H,7,11H2,1-4H3. The van der Waals surface area contributed by atoms with Crippen molar-refractivity contribution in [3.63, 3.8) is 0 Å². The van der Waals surface area contributed by atoms with Crippen LogP contribution in [0.1, 0.15) is 29.4 Å². The highest BCUT2D eigenvalue weighted by molar-refractivity contribution is 9.10. The zero-order chi connectivity index (χ0) is 20.7. The minimum Gasteiger partial charge on any atom is -0.302 e. The van der Waals surface area contributed by atoms with Crippen molar-refractivity contribution in [3.05, 3.63) is 55.9 Å². The van der Waals surface area contributed by atoms with E-state index >= 15 is 0 Å². The van der Waals surface area contributed by atoms with E-state index in [1.165, 1.54) is 4.68 Å². The molecule has 0 saturated carbocycles. The summed E-state index contributed by atoms with van der Waals surface area (Å²) >= 11 is 3.41. The Bertz CT molecular complexity index is 1390. The van der Waals surface area contributed by atoms with Crippen LogP contribution in [0.4, 0.5) is 0 Å². The molecule has 0 radical (unpaired) electrons. The second-order valence-electron chi connectivity index (χ2n) is 6.91. The maximum absolute atomic E-state index is 13.1. The number of rotatable bonds is 3. The van der Waals surface area contributed by atoms with Gasteiger partial charge in [-0.25, -0.2) is 19.6 Å². The Morgan fingerprint density at radius 1 is 1.07 bits per heavy atom. The Morgan fingerprint density at radius 3 is 2.59 bits per heavy atom. The first-order chi connectivity index (χ1) is 13.9. The van der Waals surface area contributed by atoms with Crippen LogP contribution >= 0.6 is 15.9 Å². The quantitative estimate of drug-likeness (QED) is 0.447. The molecule has 0 aliphatic heterocycles. The van der Waals surface area contributed by atoms with Crippen molar-refractivity contribution < 1.29 is 0 Å². The molecule has 0 unspecified atom stereocenters. The monoisotopic (exact) mass is 450 g/mol. The van der Waals surface area contributed by atoms with Gasteiger partial charge >= 0.3 is 0 Å². The van der Waals surface area contributed by atoms with E-state index in [1.807, 2.05) is 32.9 Å². The van der Waals surface area contributed by atoms with Crippen LogP contribution in [-0.2, 0) is 13.1 Å². The Morgan fingerprint density at radius 2 is 1.83 bits per heavy atom. The smallest absolute Gasteiger partial charge is 0.293 e. The van der Waals surface area contributed by atoms with Gasteiger partial charge in [-0.2, -0.15) is 5.10 Å². The summed E-state index contributed by atoms with van der Waals surface area (Å²) in [5.41, 5.74) is 6.31. The molecule has 0 N–H and O–H groups in total. The van der Waals surface area contributed by atoms with Crippen LogP contribution in [0.3, 0.4) is 0 Å². The molecule has 0 fully saturated rings. The van der Waals surface area contributed by atoms with Crippen molar-refractivity contribution in [1.29, 1.82) is 0 Å². The molecule has 0 spiro atoms. The summed E-state index contributed by atoms with van der Waals surface area (Å²) in [6, 6.07) is 4.00. The highest BCUT2D eigenvalue weighted by Gasteiger charge is 2.15. The number of fused-ring (bicyclic) bond motifs is 2. The maximum atomic E-state index is 13.1. The van der Waals surface area contributed by atoms with E-state index in [0.29, 0.717) is 28.9 Å². The average molecular weight is 451 g/mol. The third-order valence-electron chi connectivity index (χ3n) is 4.88. The van der Waals surface area contributed by atoms with E-state index in [4.69, 9.17) is 0 Å². The van der Waals surface area contributed by atoms with Crippen molar-refractivity contribution in [2.75, 3.05) is 0 Å². The molecule has 0 amide bonds. The molecule has 0 aliphatic rings. The average Bonchev–Trinajstić information content (AvgIpc) is 3.00. The Kier molecular flexibility index (Phi) is 4.92.